The van der Waals surface area contributed by atoms with Gasteiger partial charge in [-0.15, -0.1) is 0 Å². The summed E-state index contributed by atoms with van der Waals surface area (Å²) in [7, 11) is 0. The number of benzene rings is 2. The highest BCUT2D eigenvalue weighted by molar-refractivity contribution is 5.90. The summed E-state index contributed by atoms with van der Waals surface area (Å²) >= 11 is 0. The van der Waals surface area contributed by atoms with Gasteiger partial charge in [0.25, 0.3) is 0 Å². The van der Waals surface area contributed by atoms with Crippen molar-refractivity contribution in [1.29, 1.82) is 0 Å². The van der Waals surface area contributed by atoms with Crippen LogP contribution in [0.5, 0.6) is 0 Å². The molecule has 2 N–H and O–H groups in total. The van der Waals surface area contributed by atoms with Crippen molar-refractivity contribution >= 4 is 28.5 Å². The van der Waals surface area contributed by atoms with E-state index in [9.17, 15) is 9.59 Å². The first-order chi connectivity index (χ1) is 14.2. The zero-order chi connectivity index (χ0) is 20.1. The highest BCUT2D eigenvalue weighted by Crippen LogP contribution is 2.15. The summed E-state index contributed by atoms with van der Waals surface area (Å²) in [5.41, 5.74) is 3.94. The number of hydrogen-bond donors (Lipinski definition) is 2. The summed E-state index contributed by atoms with van der Waals surface area (Å²) < 4.78 is 2.08. The molecule has 0 radical (unpaired) electrons. The number of nitrogens with one attached hydrogen (secondary N) is 2. The minimum absolute atomic E-state index is 0.00363. The van der Waals surface area contributed by atoms with Crippen LogP contribution >= 0.6 is 0 Å². The molecule has 150 valence electrons. The third kappa shape index (κ3) is 5.00. The lowest BCUT2D eigenvalue weighted by Gasteiger charge is -2.26. The van der Waals surface area contributed by atoms with Crippen LogP contribution in [0.3, 0.4) is 0 Å². The molecule has 2 amide bonds. The van der Waals surface area contributed by atoms with E-state index in [0.717, 1.165) is 41.8 Å². The molecule has 2 aromatic carbocycles. The molecule has 0 atom stereocenters. The fourth-order valence-corrected chi connectivity index (χ4v) is 3.65. The van der Waals surface area contributed by atoms with E-state index in [-0.39, 0.29) is 11.8 Å². The fraction of sp³-hybridized carbons (Fsp3) is 0.318. The molecule has 0 saturated carbocycles. The molecule has 7 nitrogen and oxygen atoms in total. The first kappa shape index (κ1) is 19.1. The van der Waals surface area contributed by atoms with Gasteiger partial charge in [0.2, 0.25) is 11.8 Å². The number of para-hydroxylation sites is 2. The van der Waals surface area contributed by atoms with Crippen molar-refractivity contribution in [3.05, 3.63) is 60.4 Å². The van der Waals surface area contributed by atoms with Crippen LogP contribution in [-0.4, -0.2) is 45.9 Å². The van der Waals surface area contributed by atoms with E-state index < -0.39 is 0 Å². The maximum absolute atomic E-state index is 12.3. The number of aromatic nitrogens is 2. The smallest absolute Gasteiger partial charge is 0.234 e. The maximum Gasteiger partial charge on any atom is 0.234 e. The van der Waals surface area contributed by atoms with Crippen LogP contribution in [0.15, 0.2) is 54.9 Å². The van der Waals surface area contributed by atoms with E-state index >= 15 is 0 Å². The maximum atomic E-state index is 12.3. The van der Waals surface area contributed by atoms with Gasteiger partial charge in [0.15, 0.2) is 0 Å². The second-order valence-corrected chi connectivity index (χ2v) is 7.34. The van der Waals surface area contributed by atoms with Crippen molar-refractivity contribution in [2.24, 2.45) is 0 Å². The molecular weight excluding hydrogens is 366 g/mol. The number of piperazine rings is 1. The fourth-order valence-electron chi connectivity index (χ4n) is 3.65. The normalized spacial score (nSPS) is 14.7. The Hall–Kier alpha value is -3.19. The van der Waals surface area contributed by atoms with Gasteiger partial charge in [-0.05, 0) is 36.2 Å². The van der Waals surface area contributed by atoms with Crippen LogP contribution in [-0.2, 0) is 22.7 Å². The van der Waals surface area contributed by atoms with Crippen LogP contribution in [0.2, 0.25) is 0 Å². The highest BCUT2D eigenvalue weighted by Gasteiger charge is 2.16. The van der Waals surface area contributed by atoms with Crippen LogP contribution in [0.4, 0.5) is 5.69 Å². The summed E-state index contributed by atoms with van der Waals surface area (Å²) in [5.74, 6) is 0.0651. The molecule has 7 heteroatoms. The van der Waals surface area contributed by atoms with Crippen LogP contribution in [0.25, 0.3) is 11.0 Å². The first-order valence-electron chi connectivity index (χ1n) is 9.95. The molecule has 2 heterocycles. The Kier molecular flexibility index (Phi) is 5.86. The number of fused-ring (bicyclic) bond motifs is 1. The number of imidazole rings is 1. The Morgan fingerprint density at radius 1 is 1.17 bits per heavy atom. The quantitative estimate of drug-likeness (QED) is 0.648. The molecule has 0 unspecified atom stereocenters. The van der Waals surface area contributed by atoms with Crippen molar-refractivity contribution in [1.82, 2.24) is 19.8 Å². The Balaban J connectivity index is 1.27. The molecule has 4 rings (SSSR count). The number of hydrogen-bond acceptors (Lipinski definition) is 4. The third-order valence-electron chi connectivity index (χ3n) is 5.06. The Morgan fingerprint density at radius 3 is 2.97 bits per heavy atom. The monoisotopic (exact) mass is 391 g/mol. The minimum atomic E-state index is 0.00363. The van der Waals surface area contributed by atoms with Crippen LogP contribution < -0.4 is 10.6 Å². The molecule has 1 aliphatic rings. The van der Waals surface area contributed by atoms with Gasteiger partial charge in [0.1, 0.15) is 0 Å². The van der Waals surface area contributed by atoms with Gasteiger partial charge in [0.05, 0.1) is 23.9 Å². The molecule has 1 aromatic heterocycles. The number of aryl methyl sites for hydroxylation is 1. The van der Waals surface area contributed by atoms with E-state index in [0.29, 0.717) is 26.1 Å². The van der Waals surface area contributed by atoms with Gasteiger partial charge < -0.3 is 15.2 Å². The van der Waals surface area contributed by atoms with Gasteiger partial charge in [-0.2, -0.15) is 0 Å². The predicted octanol–water partition coefficient (Wildman–Crippen LogP) is 2.39. The number of nitrogens with zero attached hydrogens (tertiary/aromatic N) is 3. The lowest BCUT2D eigenvalue weighted by Crippen LogP contribution is -2.47. The topological polar surface area (TPSA) is 79.3 Å². The largest absolute Gasteiger partial charge is 0.354 e. The molecule has 29 heavy (non-hydrogen) atoms. The zero-order valence-corrected chi connectivity index (χ0v) is 16.3. The third-order valence-corrected chi connectivity index (χ3v) is 5.06. The van der Waals surface area contributed by atoms with E-state index in [2.05, 4.69) is 25.1 Å². The number of anilines is 1. The van der Waals surface area contributed by atoms with E-state index in [1.165, 1.54) is 0 Å². The van der Waals surface area contributed by atoms with Crippen molar-refractivity contribution in [3.8, 4) is 0 Å². The summed E-state index contributed by atoms with van der Waals surface area (Å²) in [6, 6.07) is 15.8. The van der Waals surface area contributed by atoms with E-state index in [4.69, 9.17) is 0 Å². The lowest BCUT2D eigenvalue weighted by atomic mass is 10.1. The van der Waals surface area contributed by atoms with Gasteiger partial charge in [-0.3, -0.25) is 14.5 Å². The average molecular weight is 391 g/mol. The first-order valence-corrected chi connectivity index (χ1v) is 9.95. The minimum Gasteiger partial charge on any atom is -0.354 e. The van der Waals surface area contributed by atoms with Gasteiger partial charge in [0, 0.05) is 38.3 Å². The molecule has 1 fully saturated rings. The van der Waals surface area contributed by atoms with Crippen LogP contribution in [0, 0.1) is 0 Å². The molecule has 3 aromatic rings. The van der Waals surface area contributed by atoms with Gasteiger partial charge in [-0.25, -0.2) is 4.98 Å². The summed E-state index contributed by atoms with van der Waals surface area (Å²) in [6.45, 7) is 3.39. The summed E-state index contributed by atoms with van der Waals surface area (Å²) in [6.07, 6.45) is 3.02. The Labute approximate surface area is 169 Å². The second-order valence-electron chi connectivity index (χ2n) is 7.34. The molecule has 0 aliphatic carbocycles. The molecule has 1 aliphatic heterocycles. The zero-order valence-electron chi connectivity index (χ0n) is 16.3. The van der Waals surface area contributed by atoms with Crippen molar-refractivity contribution in [3.63, 3.8) is 0 Å². The molecular formula is C22H25N5O2. The number of carbonyl (C=O) groups is 2. The Morgan fingerprint density at radius 2 is 2.07 bits per heavy atom. The highest BCUT2D eigenvalue weighted by atomic mass is 16.2. The second kappa shape index (κ2) is 8.87. The lowest BCUT2D eigenvalue weighted by molar-refractivity contribution is -0.124. The van der Waals surface area contributed by atoms with Crippen LogP contribution in [0.1, 0.15) is 18.4 Å². The van der Waals surface area contributed by atoms with Crippen molar-refractivity contribution in [2.45, 2.75) is 25.9 Å². The van der Waals surface area contributed by atoms with Crippen molar-refractivity contribution in [2.75, 3.05) is 25.0 Å². The SMILES string of the molecule is O=C1CN(Cc2cccc(NC(=O)CCCn3cnc4ccccc43)c2)CCN1. The number of rotatable bonds is 7. The standard InChI is InChI=1S/C22H25N5O2/c28-21(9-4-11-27-16-24-19-7-1-2-8-20(19)27)25-18-6-3-5-17(13-18)14-26-12-10-23-22(29)15-26/h1-3,5-8,13,16H,4,9-12,14-15H2,(H,23,29)(H,25,28). The average Bonchev–Trinajstić information content (AvgIpc) is 3.12. The number of carbonyl (C=O) groups excluding carboxylic acids is 2. The molecule has 0 spiro atoms. The molecule has 0 bridgehead atoms. The van der Waals surface area contributed by atoms with Gasteiger partial charge in [-0.1, -0.05) is 24.3 Å². The van der Waals surface area contributed by atoms with E-state index in [1.807, 2.05) is 54.9 Å². The van der Waals surface area contributed by atoms with Gasteiger partial charge >= 0.3 is 0 Å². The van der Waals surface area contributed by atoms with E-state index in [1.54, 1.807) is 0 Å². The molecule has 1 saturated heterocycles. The predicted molar refractivity (Wildman–Crippen MR) is 112 cm³/mol. The summed E-state index contributed by atoms with van der Waals surface area (Å²) in [5, 5.41) is 5.82. The number of amides is 2. The summed E-state index contributed by atoms with van der Waals surface area (Å²) in [4.78, 5) is 30.4. The van der Waals surface area contributed by atoms with Crippen molar-refractivity contribution < 1.29 is 9.59 Å². The Bertz CT molecular complexity index is 1010.